The lowest BCUT2D eigenvalue weighted by molar-refractivity contribution is 0.0941. The Bertz CT molecular complexity index is 1800. The van der Waals surface area contributed by atoms with Crippen molar-refractivity contribution >= 4 is 17.4 Å². The van der Waals surface area contributed by atoms with E-state index in [0.717, 1.165) is 12.3 Å². The van der Waals surface area contributed by atoms with Crippen molar-refractivity contribution in [2.75, 3.05) is 5.32 Å². The van der Waals surface area contributed by atoms with Gasteiger partial charge in [-0.3, -0.25) is 19.7 Å². The molecule has 12 heteroatoms. The van der Waals surface area contributed by atoms with Crippen LogP contribution in [0.5, 0.6) is 0 Å². The number of aryl methyl sites for hydroxylation is 2. The van der Waals surface area contributed by atoms with E-state index in [-0.39, 0.29) is 23.6 Å². The van der Waals surface area contributed by atoms with E-state index < -0.39 is 17.5 Å². The van der Waals surface area contributed by atoms with Gasteiger partial charge in [0.05, 0.1) is 29.3 Å². The smallest absolute Gasteiger partial charge is 0.273 e. The summed E-state index contributed by atoms with van der Waals surface area (Å²) in [6.07, 6.45) is 6.98. The molecule has 0 aromatic carbocycles. The summed E-state index contributed by atoms with van der Waals surface area (Å²) >= 11 is 0. The van der Waals surface area contributed by atoms with E-state index in [1.807, 2.05) is 6.07 Å². The molecule has 41 heavy (non-hydrogen) atoms. The molecule has 0 fully saturated rings. The Hall–Kier alpha value is -5.70. The number of rotatable bonds is 7. The summed E-state index contributed by atoms with van der Waals surface area (Å²) in [7, 11) is 0. The zero-order chi connectivity index (χ0) is 28.9. The van der Waals surface area contributed by atoms with E-state index in [1.165, 1.54) is 18.5 Å². The molecule has 0 bridgehead atoms. The molecule has 5 heterocycles. The lowest BCUT2D eigenvalue weighted by Crippen LogP contribution is -2.25. The van der Waals surface area contributed by atoms with Gasteiger partial charge in [0, 0.05) is 53.7 Å². The standard InChI is InChI=1S/C29H21F2N9O/c1-16-5-26(39-22-6-19(9-32)10-33-15-22)40-28(38-16)20-7-24(31)27(36-13-20)29(41)37-12-18-3-4-25(35-11-18)23-8-21(30)14-34-17(23)2/h3-8,10-11,13-15H,12H2,1-2H3,(H,37,41)(H,38,39,40). The topological polar surface area (TPSA) is 142 Å². The van der Waals surface area contributed by atoms with Crippen molar-refractivity contribution in [1.29, 1.82) is 5.26 Å². The number of nitrogens with zero attached hydrogens (tertiary/aromatic N) is 7. The fourth-order valence-electron chi connectivity index (χ4n) is 3.93. The summed E-state index contributed by atoms with van der Waals surface area (Å²) in [6, 6.07) is 11.2. The van der Waals surface area contributed by atoms with Crippen molar-refractivity contribution in [3.63, 3.8) is 0 Å². The second-order valence-electron chi connectivity index (χ2n) is 8.99. The summed E-state index contributed by atoms with van der Waals surface area (Å²) < 4.78 is 28.6. The number of amides is 1. The molecule has 5 aromatic heterocycles. The lowest BCUT2D eigenvalue weighted by atomic mass is 10.1. The van der Waals surface area contributed by atoms with Crippen LogP contribution >= 0.6 is 0 Å². The number of anilines is 2. The summed E-state index contributed by atoms with van der Waals surface area (Å²) in [5.74, 6) is -1.40. The molecule has 0 aliphatic heterocycles. The van der Waals surface area contributed by atoms with Crippen LogP contribution in [0.2, 0.25) is 0 Å². The van der Waals surface area contributed by atoms with Gasteiger partial charge in [-0.05, 0) is 43.7 Å². The maximum absolute atomic E-state index is 15.0. The van der Waals surface area contributed by atoms with E-state index in [1.54, 1.807) is 50.5 Å². The Morgan fingerprint density at radius 3 is 2.56 bits per heavy atom. The molecule has 5 aromatic rings. The number of hydrogen-bond donors (Lipinski definition) is 2. The van der Waals surface area contributed by atoms with Crippen LogP contribution in [-0.4, -0.2) is 35.8 Å². The van der Waals surface area contributed by atoms with Crippen molar-refractivity contribution in [2.24, 2.45) is 0 Å². The predicted molar refractivity (Wildman–Crippen MR) is 146 cm³/mol. The fraction of sp³-hybridized carbons (Fsp3) is 0.103. The minimum atomic E-state index is -0.840. The Balaban J connectivity index is 1.27. The molecule has 0 saturated heterocycles. The molecule has 0 saturated carbocycles. The number of nitriles is 1. The van der Waals surface area contributed by atoms with Crippen molar-refractivity contribution in [3.05, 3.63) is 107 Å². The van der Waals surface area contributed by atoms with Gasteiger partial charge in [-0.1, -0.05) is 6.07 Å². The molecule has 0 spiro atoms. The fourth-order valence-corrected chi connectivity index (χ4v) is 3.93. The van der Waals surface area contributed by atoms with E-state index in [9.17, 15) is 13.6 Å². The molecule has 0 radical (unpaired) electrons. The van der Waals surface area contributed by atoms with Crippen molar-refractivity contribution in [2.45, 2.75) is 20.4 Å². The first-order chi connectivity index (χ1) is 19.8. The normalized spacial score (nSPS) is 10.6. The first-order valence-corrected chi connectivity index (χ1v) is 12.3. The van der Waals surface area contributed by atoms with Gasteiger partial charge in [0.1, 0.15) is 17.7 Å². The quantitative estimate of drug-likeness (QED) is 0.292. The number of pyridine rings is 4. The second-order valence-corrected chi connectivity index (χ2v) is 8.99. The number of aromatic nitrogens is 6. The average Bonchev–Trinajstić information content (AvgIpc) is 2.97. The van der Waals surface area contributed by atoms with Gasteiger partial charge in [-0.15, -0.1) is 0 Å². The van der Waals surface area contributed by atoms with Crippen LogP contribution in [0, 0.1) is 36.8 Å². The van der Waals surface area contributed by atoms with E-state index >= 15 is 0 Å². The van der Waals surface area contributed by atoms with Gasteiger partial charge in [0.15, 0.2) is 17.3 Å². The molecule has 202 valence electrons. The van der Waals surface area contributed by atoms with Crippen LogP contribution in [0.4, 0.5) is 20.3 Å². The molecule has 0 unspecified atom stereocenters. The number of halogens is 2. The van der Waals surface area contributed by atoms with Gasteiger partial charge < -0.3 is 10.6 Å². The van der Waals surface area contributed by atoms with E-state index in [0.29, 0.717) is 45.3 Å². The Labute approximate surface area is 233 Å². The van der Waals surface area contributed by atoms with Gasteiger partial charge in [-0.25, -0.2) is 23.7 Å². The minimum absolute atomic E-state index is 0.0766. The van der Waals surface area contributed by atoms with Crippen molar-refractivity contribution < 1.29 is 13.6 Å². The summed E-state index contributed by atoms with van der Waals surface area (Å²) in [6.45, 7) is 3.59. The van der Waals surface area contributed by atoms with Gasteiger partial charge in [0.25, 0.3) is 5.91 Å². The second kappa shape index (κ2) is 11.6. The van der Waals surface area contributed by atoms with Crippen LogP contribution in [0.15, 0.2) is 67.4 Å². The summed E-state index contributed by atoms with van der Waals surface area (Å²) in [5.41, 5.74) is 3.83. The minimum Gasteiger partial charge on any atom is -0.346 e. The average molecular weight is 550 g/mol. The molecular formula is C29H21F2N9O. The van der Waals surface area contributed by atoms with E-state index in [2.05, 4.69) is 40.5 Å². The molecule has 5 rings (SSSR count). The zero-order valence-electron chi connectivity index (χ0n) is 21.9. The molecular weight excluding hydrogens is 528 g/mol. The third kappa shape index (κ3) is 6.31. The monoisotopic (exact) mass is 549 g/mol. The van der Waals surface area contributed by atoms with Crippen molar-refractivity contribution in [1.82, 2.24) is 35.2 Å². The number of carbonyl (C=O) groups is 1. The molecule has 0 aliphatic carbocycles. The molecule has 10 nitrogen and oxygen atoms in total. The molecule has 1 amide bonds. The molecule has 2 N–H and O–H groups in total. The number of carbonyl (C=O) groups excluding carboxylic acids is 1. The third-order valence-corrected chi connectivity index (χ3v) is 5.92. The number of hydrogen-bond acceptors (Lipinski definition) is 9. The largest absolute Gasteiger partial charge is 0.346 e. The number of nitrogens with one attached hydrogen (secondary N) is 2. The highest BCUT2D eigenvalue weighted by molar-refractivity contribution is 5.92. The summed E-state index contributed by atoms with van der Waals surface area (Å²) in [4.78, 5) is 37.8. The SMILES string of the molecule is Cc1cc(Nc2cncc(C#N)c2)nc(-c2cnc(C(=O)NCc3ccc(-c4cc(F)cnc4C)nc3)c(F)c2)n1. The Kier molecular flexibility index (Phi) is 7.60. The highest BCUT2D eigenvalue weighted by atomic mass is 19.1. The van der Waals surface area contributed by atoms with Crippen molar-refractivity contribution in [3.8, 4) is 28.7 Å². The van der Waals surface area contributed by atoms with Crippen LogP contribution in [0.25, 0.3) is 22.6 Å². The van der Waals surface area contributed by atoms with Crippen LogP contribution < -0.4 is 10.6 Å². The zero-order valence-corrected chi connectivity index (χ0v) is 21.9. The first-order valence-electron chi connectivity index (χ1n) is 12.3. The Morgan fingerprint density at radius 1 is 0.951 bits per heavy atom. The van der Waals surface area contributed by atoms with Crippen LogP contribution in [0.1, 0.15) is 33.0 Å². The van der Waals surface area contributed by atoms with Crippen LogP contribution in [-0.2, 0) is 6.54 Å². The third-order valence-electron chi connectivity index (χ3n) is 5.92. The maximum Gasteiger partial charge on any atom is 0.273 e. The maximum atomic E-state index is 15.0. The lowest BCUT2D eigenvalue weighted by Gasteiger charge is -2.10. The van der Waals surface area contributed by atoms with Gasteiger partial charge in [-0.2, -0.15) is 5.26 Å². The predicted octanol–water partition coefficient (Wildman–Crippen LogP) is 4.83. The highest BCUT2D eigenvalue weighted by Crippen LogP contribution is 2.23. The Morgan fingerprint density at radius 2 is 1.80 bits per heavy atom. The van der Waals surface area contributed by atoms with Gasteiger partial charge in [0.2, 0.25) is 0 Å². The molecule has 0 atom stereocenters. The van der Waals surface area contributed by atoms with E-state index in [4.69, 9.17) is 5.26 Å². The molecule has 0 aliphatic rings. The van der Waals surface area contributed by atoms with Crippen LogP contribution in [0.3, 0.4) is 0 Å². The highest BCUT2D eigenvalue weighted by Gasteiger charge is 2.16. The van der Waals surface area contributed by atoms with Gasteiger partial charge >= 0.3 is 0 Å². The first kappa shape index (κ1) is 26.9. The summed E-state index contributed by atoms with van der Waals surface area (Å²) in [5, 5.41) is 14.8.